The highest BCUT2D eigenvalue weighted by Gasteiger charge is 1.99. The second kappa shape index (κ2) is 3.42. The molecule has 51 valence electrons. The Hall–Kier alpha value is 0.0169. The molecule has 0 fully saturated rings. The van der Waals surface area contributed by atoms with Gasteiger partial charge in [-0.05, 0) is 17.7 Å². The normalized spacial score (nSPS) is 9.90. The molecule has 1 aromatic carbocycles. The standard InChI is InChI=1S/C7H5Cl2Si/c8-6-3-1-2-5(4-10)7(6)9/h1-3H,4H2. The summed E-state index contributed by atoms with van der Waals surface area (Å²) in [5, 5.41) is 1.25. The van der Waals surface area contributed by atoms with Crippen molar-refractivity contribution in [1.82, 2.24) is 0 Å². The van der Waals surface area contributed by atoms with E-state index in [0.29, 0.717) is 10.0 Å². The SMILES string of the molecule is [Si]Cc1cccc(Cl)c1Cl. The molecule has 0 N–H and O–H groups in total. The molecule has 0 aliphatic carbocycles. The van der Waals surface area contributed by atoms with E-state index in [9.17, 15) is 0 Å². The summed E-state index contributed by atoms with van der Waals surface area (Å²) in [5.74, 6) is 0. The Kier molecular flexibility index (Phi) is 2.78. The maximum Gasteiger partial charge on any atom is 0.0621 e. The molecule has 0 bridgehead atoms. The monoisotopic (exact) mass is 187 g/mol. The topological polar surface area (TPSA) is 0 Å². The first kappa shape index (κ1) is 8.12. The van der Waals surface area contributed by atoms with Crippen LogP contribution in [0.2, 0.25) is 10.0 Å². The van der Waals surface area contributed by atoms with Crippen molar-refractivity contribution < 1.29 is 0 Å². The van der Waals surface area contributed by atoms with Gasteiger partial charge < -0.3 is 0 Å². The van der Waals surface area contributed by atoms with Gasteiger partial charge >= 0.3 is 0 Å². The summed E-state index contributed by atoms with van der Waals surface area (Å²) >= 11 is 11.6. The second-order valence-electron chi connectivity index (χ2n) is 1.89. The quantitative estimate of drug-likeness (QED) is 0.594. The minimum atomic E-state index is 0.609. The molecular weight excluding hydrogens is 183 g/mol. The molecule has 0 aliphatic heterocycles. The average molecular weight is 188 g/mol. The number of halogens is 2. The lowest BCUT2D eigenvalue weighted by atomic mass is 10.2. The van der Waals surface area contributed by atoms with Crippen molar-refractivity contribution in [3.63, 3.8) is 0 Å². The highest BCUT2D eigenvalue weighted by molar-refractivity contribution is 6.42. The molecular formula is C7H5Cl2Si. The average Bonchev–Trinajstić information content (AvgIpc) is 1.95. The van der Waals surface area contributed by atoms with Crippen LogP contribution in [-0.4, -0.2) is 10.2 Å². The minimum Gasteiger partial charge on any atom is -0.0827 e. The Morgan fingerprint density at radius 2 is 2.00 bits per heavy atom. The van der Waals surface area contributed by atoms with E-state index < -0.39 is 0 Å². The molecule has 1 aromatic rings. The van der Waals surface area contributed by atoms with Crippen LogP contribution in [0.25, 0.3) is 0 Å². The van der Waals surface area contributed by atoms with E-state index in [4.69, 9.17) is 23.2 Å². The lowest BCUT2D eigenvalue weighted by Gasteiger charge is -2.00. The highest BCUT2D eigenvalue weighted by Crippen LogP contribution is 2.24. The van der Waals surface area contributed by atoms with E-state index in [1.54, 1.807) is 6.07 Å². The van der Waals surface area contributed by atoms with Crippen LogP contribution in [0.15, 0.2) is 18.2 Å². The van der Waals surface area contributed by atoms with Crippen LogP contribution in [0.3, 0.4) is 0 Å². The molecule has 0 aliphatic rings. The Morgan fingerprint density at radius 1 is 1.30 bits per heavy atom. The van der Waals surface area contributed by atoms with Crippen molar-refractivity contribution in [2.75, 3.05) is 0 Å². The lowest BCUT2D eigenvalue weighted by Crippen LogP contribution is -1.84. The molecule has 0 unspecified atom stereocenters. The van der Waals surface area contributed by atoms with Crippen molar-refractivity contribution in [3.05, 3.63) is 33.8 Å². The predicted octanol–water partition coefficient (Wildman–Crippen LogP) is 2.66. The van der Waals surface area contributed by atoms with E-state index >= 15 is 0 Å². The van der Waals surface area contributed by atoms with Gasteiger partial charge in [-0.1, -0.05) is 35.3 Å². The molecule has 0 saturated carbocycles. The summed E-state index contributed by atoms with van der Waals surface area (Å²) in [6.45, 7) is 0. The second-order valence-corrected chi connectivity index (χ2v) is 3.03. The molecule has 10 heavy (non-hydrogen) atoms. The Morgan fingerprint density at radius 3 is 2.50 bits per heavy atom. The number of rotatable bonds is 1. The maximum atomic E-state index is 5.83. The van der Waals surface area contributed by atoms with Crippen LogP contribution >= 0.6 is 23.2 Å². The van der Waals surface area contributed by atoms with Crippen LogP contribution in [0.5, 0.6) is 0 Å². The minimum absolute atomic E-state index is 0.609. The van der Waals surface area contributed by atoms with Gasteiger partial charge in [0.25, 0.3) is 0 Å². The van der Waals surface area contributed by atoms with Crippen molar-refractivity contribution in [2.45, 2.75) is 6.04 Å². The zero-order valence-electron chi connectivity index (χ0n) is 5.20. The van der Waals surface area contributed by atoms with E-state index in [1.165, 1.54) is 0 Å². The van der Waals surface area contributed by atoms with Gasteiger partial charge in [0, 0.05) is 10.2 Å². The fraction of sp³-hybridized carbons (Fsp3) is 0.143. The van der Waals surface area contributed by atoms with Gasteiger partial charge in [0.1, 0.15) is 0 Å². The first-order chi connectivity index (χ1) is 4.75. The van der Waals surface area contributed by atoms with Gasteiger partial charge in [0.05, 0.1) is 10.0 Å². The van der Waals surface area contributed by atoms with Gasteiger partial charge in [0.2, 0.25) is 0 Å². The van der Waals surface area contributed by atoms with Gasteiger partial charge in [-0.15, -0.1) is 0 Å². The molecule has 0 amide bonds. The van der Waals surface area contributed by atoms with Crippen LogP contribution in [-0.2, 0) is 6.04 Å². The molecule has 1 rings (SSSR count). The fourth-order valence-corrected chi connectivity index (χ4v) is 1.48. The summed E-state index contributed by atoms with van der Waals surface area (Å²) in [6.07, 6.45) is 0. The number of hydrogen-bond donors (Lipinski definition) is 0. The third-order valence-electron chi connectivity index (χ3n) is 1.22. The largest absolute Gasteiger partial charge is 0.0827 e. The maximum absolute atomic E-state index is 5.83. The summed E-state index contributed by atoms with van der Waals surface area (Å²) < 4.78 is 0. The first-order valence-electron chi connectivity index (χ1n) is 2.83. The van der Waals surface area contributed by atoms with Gasteiger partial charge in [0.15, 0.2) is 0 Å². The third-order valence-corrected chi connectivity index (χ3v) is 2.46. The van der Waals surface area contributed by atoms with Crippen LogP contribution in [0.4, 0.5) is 0 Å². The molecule has 3 radical (unpaired) electrons. The molecule has 0 saturated heterocycles. The Balaban J connectivity index is 3.14. The van der Waals surface area contributed by atoms with Gasteiger partial charge in [-0.25, -0.2) is 0 Å². The summed E-state index contributed by atoms with van der Waals surface area (Å²) in [6, 6.07) is 6.32. The summed E-state index contributed by atoms with van der Waals surface area (Å²) in [7, 11) is 3.35. The Bertz CT molecular complexity index is 235. The zero-order chi connectivity index (χ0) is 7.56. The molecule has 0 aromatic heterocycles. The zero-order valence-corrected chi connectivity index (χ0v) is 7.71. The van der Waals surface area contributed by atoms with E-state index in [1.807, 2.05) is 12.1 Å². The van der Waals surface area contributed by atoms with Crippen molar-refractivity contribution in [2.24, 2.45) is 0 Å². The summed E-state index contributed by atoms with van der Waals surface area (Å²) in [5.41, 5.74) is 1.02. The van der Waals surface area contributed by atoms with E-state index in [-0.39, 0.29) is 0 Å². The van der Waals surface area contributed by atoms with Crippen molar-refractivity contribution in [3.8, 4) is 0 Å². The third kappa shape index (κ3) is 1.54. The van der Waals surface area contributed by atoms with Crippen LogP contribution < -0.4 is 0 Å². The van der Waals surface area contributed by atoms with E-state index in [0.717, 1.165) is 11.6 Å². The number of benzene rings is 1. The molecule has 0 atom stereocenters. The van der Waals surface area contributed by atoms with Gasteiger partial charge in [-0.2, -0.15) is 0 Å². The molecule has 0 heterocycles. The van der Waals surface area contributed by atoms with Crippen molar-refractivity contribution >= 4 is 33.4 Å². The highest BCUT2D eigenvalue weighted by atomic mass is 35.5. The fourth-order valence-electron chi connectivity index (χ4n) is 0.685. The van der Waals surface area contributed by atoms with Crippen LogP contribution in [0, 0.1) is 0 Å². The van der Waals surface area contributed by atoms with Crippen LogP contribution in [0.1, 0.15) is 5.56 Å². The van der Waals surface area contributed by atoms with Gasteiger partial charge in [-0.3, -0.25) is 0 Å². The molecule has 0 spiro atoms. The van der Waals surface area contributed by atoms with Crippen molar-refractivity contribution in [1.29, 1.82) is 0 Å². The smallest absolute Gasteiger partial charge is 0.0621 e. The molecule has 3 heteroatoms. The first-order valence-corrected chi connectivity index (χ1v) is 4.29. The predicted molar refractivity (Wildman–Crippen MR) is 45.9 cm³/mol. The number of hydrogen-bond acceptors (Lipinski definition) is 0. The lowest BCUT2D eigenvalue weighted by molar-refractivity contribution is 1.40. The van der Waals surface area contributed by atoms with E-state index in [2.05, 4.69) is 10.2 Å². The molecule has 0 nitrogen and oxygen atoms in total. The summed E-state index contributed by atoms with van der Waals surface area (Å²) in [4.78, 5) is 0. The Labute approximate surface area is 73.6 Å².